The van der Waals surface area contributed by atoms with E-state index in [1.165, 1.54) is 12.8 Å². The lowest BCUT2D eigenvalue weighted by Gasteiger charge is -2.47. The summed E-state index contributed by atoms with van der Waals surface area (Å²) >= 11 is -2.86. The fourth-order valence-corrected chi connectivity index (χ4v) is 6.91. The van der Waals surface area contributed by atoms with Crippen LogP contribution in [0.25, 0.3) is 0 Å². The van der Waals surface area contributed by atoms with Crippen LogP contribution >= 0.6 is 0 Å². The average molecular weight is 313 g/mol. The quantitative estimate of drug-likeness (QED) is 0.616. The lowest BCUT2D eigenvalue weighted by molar-refractivity contribution is -0.0149. The van der Waals surface area contributed by atoms with Crippen LogP contribution in [0.3, 0.4) is 0 Å². The molecule has 8 heteroatoms. The molecule has 1 aliphatic rings. The SMILES string of the molecule is CCCC1(OC)CCCC[Si]1(OC)OC.O=S([O-])O. The molecule has 1 aliphatic heterocycles. The molecule has 2 atom stereocenters. The van der Waals surface area contributed by atoms with Crippen molar-refractivity contribution < 1.29 is 26.9 Å². The lowest BCUT2D eigenvalue weighted by Crippen LogP contribution is -2.64. The molecule has 1 saturated heterocycles. The molecule has 0 aromatic heterocycles. The van der Waals surface area contributed by atoms with Crippen molar-refractivity contribution in [2.45, 2.75) is 50.3 Å². The second-order valence-electron chi connectivity index (χ2n) is 4.53. The van der Waals surface area contributed by atoms with E-state index < -0.39 is 19.9 Å². The van der Waals surface area contributed by atoms with Gasteiger partial charge in [0.1, 0.15) is 5.22 Å². The van der Waals surface area contributed by atoms with Crippen molar-refractivity contribution in [2.75, 3.05) is 21.3 Å². The van der Waals surface area contributed by atoms with E-state index in [0.717, 1.165) is 25.3 Å². The summed E-state index contributed by atoms with van der Waals surface area (Å²) in [5.41, 5.74) is 0. The van der Waals surface area contributed by atoms with Gasteiger partial charge in [-0.05, 0) is 18.9 Å². The number of hydrogen-bond donors (Lipinski definition) is 1. The monoisotopic (exact) mass is 313 g/mol. The molecule has 0 saturated carbocycles. The normalized spacial score (nSPS) is 27.3. The van der Waals surface area contributed by atoms with Gasteiger partial charge in [0.15, 0.2) is 0 Å². The molecule has 0 amide bonds. The molecule has 19 heavy (non-hydrogen) atoms. The molecule has 0 spiro atoms. The highest BCUT2D eigenvalue weighted by Crippen LogP contribution is 2.42. The Balaban J connectivity index is 0.000000711. The van der Waals surface area contributed by atoms with Crippen molar-refractivity contribution in [3.8, 4) is 0 Å². The first-order chi connectivity index (χ1) is 8.93. The highest BCUT2D eigenvalue weighted by molar-refractivity contribution is 7.73. The zero-order valence-electron chi connectivity index (χ0n) is 12.1. The largest absolute Gasteiger partial charge is 0.750 e. The highest BCUT2D eigenvalue weighted by Gasteiger charge is 2.58. The van der Waals surface area contributed by atoms with Crippen molar-refractivity contribution in [3.05, 3.63) is 0 Å². The van der Waals surface area contributed by atoms with Gasteiger partial charge in [-0.1, -0.05) is 26.2 Å². The summed E-state index contributed by atoms with van der Waals surface area (Å²) in [7, 11) is 3.22. The second-order valence-corrected chi connectivity index (χ2v) is 8.70. The first-order valence-corrected chi connectivity index (χ1v) is 9.43. The predicted molar refractivity (Wildman–Crippen MR) is 74.6 cm³/mol. The standard InChI is InChI=1S/C11H24O3Si.H2O3S/c1-5-8-11(12-2)9-6-7-10-15(11,13-3)14-4;1-4(2)3/h5-10H2,1-4H3;(H2,1,2,3)/p-1. The Kier molecular flexibility index (Phi) is 9.25. The number of hydrogen-bond acceptors (Lipinski definition) is 5. The Hall–Kier alpha value is 0.167. The van der Waals surface area contributed by atoms with Crippen LogP contribution in [0.1, 0.15) is 39.0 Å². The van der Waals surface area contributed by atoms with Crippen molar-refractivity contribution >= 4 is 19.9 Å². The van der Waals surface area contributed by atoms with Crippen LogP contribution in [0.15, 0.2) is 0 Å². The first kappa shape index (κ1) is 19.2. The van der Waals surface area contributed by atoms with Gasteiger partial charge in [0.2, 0.25) is 0 Å². The van der Waals surface area contributed by atoms with Crippen LogP contribution in [-0.4, -0.2) is 48.4 Å². The molecule has 1 fully saturated rings. The van der Waals surface area contributed by atoms with E-state index in [1.54, 1.807) is 21.3 Å². The topological polar surface area (TPSA) is 88.1 Å². The van der Waals surface area contributed by atoms with Gasteiger partial charge in [-0.15, -0.1) is 0 Å². The summed E-state index contributed by atoms with van der Waals surface area (Å²) in [6.07, 6.45) is 5.70. The minimum Gasteiger partial charge on any atom is -0.750 e. The van der Waals surface area contributed by atoms with E-state index in [9.17, 15) is 0 Å². The summed E-state index contributed by atoms with van der Waals surface area (Å²) in [6.45, 7) is 2.19. The van der Waals surface area contributed by atoms with Gasteiger partial charge < -0.3 is 22.7 Å². The van der Waals surface area contributed by atoms with Crippen molar-refractivity contribution in [1.29, 1.82) is 0 Å². The summed E-state index contributed by atoms with van der Waals surface area (Å²) in [5.74, 6) is 0. The van der Waals surface area contributed by atoms with Crippen LogP contribution in [0.5, 0.6) is 0 Å². The van der Waals surface area contributed by atoms with E-state index in [1.807, 2.05) is 0 Å². The Bertz CT molecular complexity index is 266. The number of methoxy groups -OCH3 is 1. The van der Waals surface area contributed by atoms with Crippen LogP contribution in [0, 0.1) is 0 Å². The molecule has 1 N–H and O–H groups in total. The molecule has 6 nitrogen and oxygen atoms in total. The lowest BCUT2D eigenvalue weighted by atomic mass is 10.1. The molecule has 0 radical (unpaired) electrons. The molecule has 0 aromatic rings. The maximum Gasteiger partial charge on any atom is 0.370 e. The minimum atomic E-state index is -2.86. The van der Waals surface area contributed by atoms with Gasteiger partial charge in [0, 0.05) is 21.3 Å². The van der Waals surface area contributed by atoms with E-state index in [4.69, 9.17) is 26.9 Å². The molecule has 2 unspecified atom stereocenters. The molecule has 1 heterocycles. The van der Waals surface area contributed by atoms with Crippen LogP contribution in [0.4, 0.5) is 0 Å². The van der Waals surface area contributed by atoms with E-state index in [2.05, 4.69) is 6.92 Å². The van der Waals surface area contributed by atoms with Gasteiger partial charge in [0.05, 0.1) is 11.4 Å². The molecular weight excluding hydrogens is 288 g/mol. The Morgan fingerprint density at radius 2 is 1.84 bits per heavy atom. The van der Waals surface area contributed by atoms with E-state index in [-0.39, 0.29) is 5.22 Å². The fourth-order valence-electron chi connectivity index (χ4n) is 2.92. The summed E-state index contributed by atoms with van der Waals surface area (Å²) in [6, 6.07) is 1.06. The zero-order chi connectivity index (χ0) is 14.9. The van der Waals surface area contributed by atoms with Crippen LogP contribution in [-0.2, 0) is 25.0 Å². The minimum absolute atomic E-state index is 0.122. The first-order valence-electron chi connectivity index (χ1n) is 6.37. The van der Waals surface area contributed by atoms with Gasteiger partial charge >= 0.3 is 8.56 Å². The second kappa shape index (κ2) is 9.17. The third-order valence-electron chi connectivity index (χ3n) is 3.73. The Labute approximate surface area is 119 Å². The van der Waals surface area contributed by atoms with Gasteiger partial charge in [-0.2, -0.15) is 0 Å². The Morgan fingerprint density at radius 1 is 1.32 bits per heavy atom. The summed E-state index contributed by atoms with van der Waals surface area (Å²) in [5, 5.41) is -0.122. The highest BCUT2D eigenvalue weighted by atomic mass is 32.2. The van der Waals surface area contributed by atoms with Gasteiger partial charge in [-0.25, -0.2) is 4.21 Å². The molecule has 116 valence electrons. The number of ether oxygens (including phenoxy) is 1. The van der Waals surface area contributed by atoms with Crippen molar-refractivity contribution in [1.82, 2.24) is 0 Å². The van der Waals surface area contributed by atoms with Crippen molar-refractivity contribution in [3.63, 3.8) is 0 Å². The molecule has 1 rings (SSSR count). The van der Waals surface area contributed by atoms with Crippen molar-refractivity contribution in [2.24, 2.45) is 0 Å². The molecule has 0 aliphatic carbocycles. The third kappa shape index (κ3) is 4.89. The van der Waals surface area contributed by atoms with Gasteiger partial charge in [-0.3, -0.25) is 0 Å². The third-order valence-corrected chi connectivity index (χ3v) is 8.16. The maximum absolute atomic E-state index is 8.56. The average Bonchev–Trinajstić information content (AvgIpc) is 2.39. The van der Waals surface area contributed by atoms with Crippen LogP contribution in [0.2, 0.25) is 6.04 Å². The van der Waals surface area contributed by atoms with Gasteiger partial charge in [0.25, 0.3) is 0 Å². The zero-order valence-corrected chi connectivity index (χ0v) is 14.0. The Morgan fingerprint density at radius 3 is 2.21 bits per heavy atom. The molecule has 0 aromatic carbocycles. The fraction of sp³-hybridized carbons (Fsp3) is 1.00. The molecular formula is C11H25O6SSi-. The van der Waals surface area contributed by atoms with Crippen LogP contribution < -0.4 is 0 Å². The smallest absolute Gasteiger partial charge is 0.370 e. The summed E-state index contributed by atoms with van der Waals surface area (Å²) in [4.78, 5) is 0. The van der Waals surface area contributed by atoms with E-state index >= 15 is 0 Å². The van der Waals surface area contributed by atoms with E-state index in [0.29, 0.717) is 0 Å². The maximum atomic E-state index is 8.56. The molecule has 0 bridgehead atoms. The summed E-state index contributed by atoms with van der Waals surface area (Å²) < 4.78 is 41.5. The predicted octanol–water partition coefficient (Wildman–Crippen LogP) is 1.97. The number of rotatable bonds is 5.